The van der Waals surface area contributed by atoms with Crippen LogP contribution >= 0.6 is 0 Å². The van der Waals surface area contributed by atoms with Gasteiger partial charge < -0.3 is 4.42 Å². The van der Waals surface area contributed by atoms with Gasteiger partial charge >= 0.3 is 0 Å². The van der Waals surface area contributed by atoms with E-state index in [1.54, 1.807) is 0 Å². The van der Waals surface area contributed by atoms with E-state index >= 15 is 0 Å². The van der Waals surface area contributed by atoms with E-state index in [1.165, 1.54) is 11.1 Å². The summed E-state index contributed by atoms with van der Waals surface area (Å²) in [5.41, 5.74) is 7.27. The zero-order chi connectivity index (χ0) is 41.5. The van der Waals surface area contributed by atoms with Crippen molar-refractivity contribution >= 4 is 54.3 Å². The molecule has 1 heteroatoms. The third-order valence-electron chi connectivity index (χ3n) is 11.6. The van der Waals surface area contributed by atoms with Gasteiger partial charge in [0.2, 0.25) is 0 Å². The topological polar surface area (TPSA) is 13.1 Å². The Labute approximate surface area is 314 Å². The average Bonchev–Trinajstić information content (AvgIpc) is 3.75. The van der Waals surface area contributed by atoms with Gasteiger partial charge in [-0.1, -0.05) is 159 Å². The fraction of sp³-hybridized carbons (Fsp3) is 0.0980. The summed E-state index contributed by atoms with van der Waals surface area (Å²) in [6, 6.07) is 28.8. The van der Waals surface area contributed by atoms with Crippen LogP contribution in [0.25, 0.3) is 87.6 Å². The lowest BCUT2D eigenvalue weighted by molar-refractivity contribution is 0.394. The lowest BCUT2D eigenvalue weighted by Crippen LogP contribution is -2.24. The van der Waals surface area contributed by atoms with Crippen molar-refractivity contribution in [3.05, 3.63) is 181 Å². The molecule has 0 saturated carbocycles. The van der Waals surface area contributed by atoms with Crippen molar-refractivity contribution in [1.82, 2.24) is 0 Å². The molecule has 11 rings (SSSR count). The number of hydrogen-bond acceptors (Lipinski definition) is 1. The molecule has 0 N–H and O–H groups in total. The van der Waals surface area contributed by atoms with Crippen LogP contribution in [-0.4, -0.2) is 0 Å². The van der Waals surface area contributed by atoms with Gasteiger partial charge in [-0.3, -0.25) is 0 Å². The van der Waals surface area contributed by atoms with E-state index in [0.717, 1.165) is 27.3 Å². The van der Waals surface area contributed by atoms with E-state index in [9.17, 15) is 5.48 Å². The second-order valence-electron chi connectivity index (χ2n) is 14.6. The first-order chi connectivity index (χ1) is 28.9. The first-order valence-corrected chi connectivity index (χ1v) is 17.8. The maximum absolute atomic E-state index is 9.58. The molecule has 52 heavy (non-hydrogen) atoms. The van der Waals surface area contributed by atoms with Gasteiger partial charge in [-0.2, -0.15) is 0 Å². The van der Waals surface area contributed by atoms with Crippen molar-refractivity contribution in [1.29, 1.82) is 0 Å². The zero-order valence-corrected chi connectivity index (χ0v) is 28.6. The Kier molecular flexibility index (Phi) is 4.74. The van der Waals surface area contributed by atoms with Gasteiger partial charge in [0.05, 0.1) is 11.0 Å². The Bertz CT molecular complexity index is 3380. The monoisotopic (exact) mass is 672 g/mol. The smallest absolute Gasteiger partial charge is 0.136 e. The minimum Gasteiger partial charge on any atom is -0.456 e. The SMILES string of the molecule is [2H]c1c([2H])c([2H])c2c(-c3cccc4oc5cc6ccccc6cc5c34)c3c([2H])c([2H])c([2H])c([2H])c3c(-c3cccc(-c4cccc5c4C4C=CC=CC4C5(C)C)c3)c2c1[2H]. The number of allylic oxidation sites excluding steroid dienone is 4. The lowest BCUT2D eigenvalue weighted by atomic mass is 9.74. The van der Waals surface area contributed by atoms with Crippen molar-refractivity contribution in [2.45, 2.75) is 25.2 Å². The molecule has 0 fully saturated rings. The molecule has 1 aromatic heterocycles. The standard InChI is InChI=1S/C51H36O/c1-51(2)43-25-10-9-22-40(43)49-35(23-12-26-44(49)51)33-16-11-17-34(28-33)47-36-18-5-7-20-38(36)48(39-21-8-6-19-37(39)47)41-24-13-27-45-50(41)42-29-31-14-3-4-15-32(31)30-46(42)52-45/h3-30,40,43H,1-2H3/i5D,6D,7D,8D,18D,19D,20D,21D. The van der Waals surface area contributed by atoms with Gasteiger partial charge in [0.15, 0.2) is 0 Å². The highest BCUT2D eigenvalue weighted by Crippen LogP contribution is 2.56. The van der Waals surface area contributed by atoms with Crippen LogP contribution in [0.5, 0.6) is 0 Å². The van der Waals surface area contributed by atoms with Gasteiger partial charge in [-0.05, 0) is 112 Å². The highest BCUT2D eigenvalue weighted by Gasteiger charge is 2.45. The number of rotatable bonds is 3. The molecule has 2 aliphatic carbocycles. The first-order valence-electron chi connectivity index (χ1n) is 21.8. The Morgan fingerprint density at radius 3 is 1.96 bits per heavy atom. The van der Waals surface area contributed by atoms with Crippen molar-refractivity contribution in [3.63, 3.8) is 0 Å². The van der Waals surface area contributed by atoms with Crippen molar-refractivity contribution in [3.8, 4) is 33.4 Å². The Morgan fingerprint density at radius 2 is 1.19 bits per heavy atom. The van der Waals surface area contributed by atoms with Gasteiger partial charge in [-0.15, -0.1) is 0 Å². The van der Waals surface area contributed by atoms with E-state index < -0.39 is 24.2 Å². The van der Waals surface area contributed by atoms with Gasteiger partial charge in [0.25, 0.3) is 0 Å². The number of benzene rings is 8. The Morgan fingerprint density at radius 1 is 0.558 bits per heavy atom. The predicted molar refractivity (Wildman–Crippen MR) is 220 cm³/mol. The lowest BCUT2D eigenvalue weighted by Gasteiger charge is -2.29. The summed E-state index contributed by atoms with van der Waals surface area (Å²) in [6.45, 7) is 4.57. The summed E-state index contributed by atoms with van der Waals surface area (Å²) in [5.74, 6) is 0.448. The van der Waals surface area contributed by atoms with Crippen LogP contribution in [0.1, 0.15) is 41.9 Å². The van der Waals surface area contributed by atoms with Crippen molar-refractivity contribution < 1.29 is 15.4 Å². The molecule has 0 spiro atoms. The van der Waals surface area contributed by atoms with Crippen LogP contribution in [0.2, 0.25) is 0 Å². The van der Waals surface area contributed by atoms with Gasteiger partial charge in [0.1, 0.15) is 11.2 Å². The molecule has 0 bridgehead atoms. The second kappa shape index (κ2) is 10.9. The third kappa shape index (κ3) is 4.11. The fourth-order valence-electron chi connectivity index (χ4n) is 9.24. The van der Waals surface area contributed by atoms with Crippen LogP contribution < -0.4 is 0 Å². The van der Waals surface area contributed by atoms with E-state index in [4.69, 9.17) is 9.90 Å². The molecule has 2 aliphatic rings. The zero-order valence-electron chi connectivity index (χ0n) is 36.6. The molecular formula is C51H36O. The normalized spacial score (nSPS) is 19.6. The minimum atomic E-state index is -0.435. The summed E-state index contributed by atoms with van der Waals surface area (Å²) < 4.78 is 80.7. The molecule has 0 aliphatic heterocycles. The first kappa shape index (κ1) is 22.6. The number of furan rings is 1. The van der Waals surface area contributed by atoms with Crippen LogP contribution in [0, 0.1) is 5.92 Å². The average molecular weight is 673 g/mol. The molecular weight excluding hydrogens is 629 g/mol. The van der Waals surface area contributed by atoms with Crippen LogP contribution in [0.3, 0.4) is 0 Å². The highest BCUT2D eigenvalue weighted by atomic mass is 16.3. The third-order valence-corrected chi connectivity index (χ3v) is 11.6. The van der Waals surface area contributed by atoms with Crippen LogP contribution in [-0.2, 0) is 5.41 Å². The molecule has 1 heterocycles. The van der Waals surface area contributed by atoms with Crippen molar-refractivity contribution in [2.24, 2.45) is 5.92 Å². The number of hydrogen-bond donors (Lipinski definition) is 0. The van der Waals surface area contributed by atoms with E-state index in [2.05, 4.69) is 56.4 Å². The quantitative estimate of drug-likeness (QED) is 0.170. The van der Waals surface area contributed by atoms with E-state index in [1.807, 2.05) is 78.9 Å². The summed E-state index contributed by atoms with van der Waals surface area (Å²) in [4.78, 5) is 0. The van der Waals surface area contributed by atoms with Crippen LogP contribution in [0.4, 0.5) is 0 Å². The summed E-state index contributed by atoms with van der Waals surface area (Å²) in [5, 5.41) is 4.14. The molecule has 1 nitrogen and oxygen atoms in total. The molecule has 2 atom stereocenters. The fourth-order valence-corrected chi connectivity index (χ4v) is 9.24. The van der Waals surface area contributed by atoms with Gasteiger partial charge in [-0.25, -0.2) is 0 Å². The molecule has 8 aromatic carbocycles. The van der Waals surface area contributed by atoms with E-state index in [0.29, 0.717) is 38.8 Å². The summed E-state index contributed by atoms with van der Waals surface area (Å²) in [6.07, 6.45) is 8.79. The highest BCUT2D eigenvalue weighted by molar-refractivity contribution is 6.26. The van der Waals surface area contributed by atoms with Crippen molar-refractivity contribution in [2.75, 3.05) is 0 Å². The molecule has 246 valence electrons. The maximum Gasteiger partial charge on any atom is 0.136 e. The molecule has 9 aromatic rings. The Hall–Kier alpha value is -6.18. The predicted octanol–water partition coefficient (Wildman–Crippen LogP) is 14.2. The Balaban J connectivity index is 1.29. The molecule has 0 amide bonds. The number of fused-ring (bicyclic) bond motifs is 9. The summed E-state index contributed by atoms with van der Waals surface area (Å²) in [7, 11) is 0. The molecule has 0 radical (unpaired) electrons. The molecule has 2 unspecified atom stereocenters. The largest absolute Gasteiger partial charge is 0.456 e. The second-order valence-corrected chi connectivity index (χ2v) is 14.6. The summed E-state index contributed by atoms with van der Waals surface area (Å²) >= 11 is 0. The van der Waals surface area contributed by atoms with Gasteiger partial charge in [0, 0.05) is 16.7 Å². The minimum absolute atomic E-state index is 0.111. The maximum atomic E-state index is 9.58. The van der Waals surface area contributed by atoms with E-state index in [-0.39, 0.29) is 63.0 Å². The molecule has 0 saturated heterocycles. The van der Waals surface area contributed by atoms with Crippen LogP contribution in [0.15, 0.2) is 174 Å².